The number of carbonyl (C=O) groups is 1. The standard InChI is InChI=1S/C28H37NO3/c1-17-21-12-10-20-22-11-9-19(16-29)28(22,3)15-23(30)25(20)27(21,2)14-13-24(17)32-26(31)18-7-5-4-6-8-18/h4-8,17,19-25,30H,9-15H2,1-3H3/t17-,19-,20+,21+,22+,23+,24-,25-,27+,28-/m1/s1. The number of hydrogen-bond donors (Lipinski definition) is 1. The predicted molar refractivity (Wildman–Crippen MR) is 122 cm³/mol. The molecule has 32 heavy (non-hydrogen) atoms. The van der Waals surface area contributed by atoms with Gasteiger partial charge in [0.25, 0.3) is 0 Å². The molecule has 4 heteroatoms. The molecule has 1 aromatic rings. The van der Waals surface area contributed by atoms with Crippen LogP contribution in [-0.2, 0) is 4.74 Å². The van der Waals surface area contributed by atoms with Gasteiger partial charge in [0.05, 0.1) is 23.7 Å². The van der Waals surface area contributed by atoms with E-state index in [4.69, 9.17) is 4.74 Å². The van der Waals surface area contributed by atoms with Gasteiger partial charge in [-0.1, -0.05) is 39.0 Å². The molecule has 5 rings (SSSR count). The fraction of sp³-hybridized carbons (Fsp3) is 0.714. The smallest absolute Gasteiger partial charge is 0.338 e. The van der Waals surface area contributed by atoms with Crippen molar-refractivity contribution >= 4 is 5.97 Å². The monoisotopic (exact) mass is 435 g/mol. The zero-order valence-electron chi connectivity index (χ0n) is 19.7. The van der Waals surface area contributed by atoms with Gasteiger partial charge in [0.15, 0.2) is 0 Å². The topological polar surface area (TPSA) is 70.3 Å². The summed E-state index contributed by atoms with van der Waals surface area (Å²) in [5, 5.41) is 21.2. The number of aliphatic hydroxyl groups is 1. The molecule has 0 aromatic heterocycles. The van der Waals surface area contributed by atoms with Crippen molar-refractivity contribution < 1.29 is 14.6 Å². The van der Waals surface area contributed by atoms with Crippen molar-refractivity contribution in [2.75, 3.05) is 0 Å². The fourth-order valence-electron chi connectivity index (χ4n) is 8.98. The molecule has 1 aromatic carbocycles. The Morgan fingerprint density at radius 2 is 1.78 bits per heavy atom. The summed E-state index contributed by atoms with van der Waals surface area (Å²) in [5.74, 6) is 1.98. The van der Waals surface area contributed by atoms with Gasteiger partial charge in [-0.15, -0.1) is 0 Å². The third-order valence-electron chi connectivity index (χ3n) is 10.5. The largest absolute Gasteiger partial charge is 0.458 e. The molecule has 4 aliphatic rings. The van der Waals surface area contributed by atoms with Crippen molar-refractivity contribution in [1.29, 1.82) is 5.26 Å². The van der Waals surface area contributed by atoms with Crippen LogP contribution in [-0.4, -0.2) is 23.3 Å². The highest BCUT2D eigenvalue weighted by Gasteiger charge is 2.64. The number of nitrogens with zero attached hydrogens (tertiary/aromatic N) is 1. The molecule has 0 spiro atoms. The van der Waals surface area contributed by atoms with Crippen molar-refractivity contribution in [3.8, 4) is 6.07 Å². The highest BCUT2D eigenvalue weighted by molar-refractivity contribution is 5.89. The van der Waals surface area contributed by atoms with E-state index >= 15 is 0 Å². The number of fused-ring (bicyclic) bond motifs is 5. The minimum absolute atomic E-state index is 0.0352. The molecule has 172 valence electrons. The molecular formula is C28H37NO3. The zero-order valence-corrected chi connectivity index (χ0v) is 19.7. The van der Waals surface area contributed by atoms with E-state index in [0.717, 1.165) is 44.9 Å². The number of aliphatic hydroxyl groups excluding tert-OH is 1. The van der Waals surface area contributed by atoms with E-state index in [1.54, 1.807) is 0 Å². The summed E-state index contributed by atoms with van der Waals surface area (Å²) in [6.45, 7) is 6.93. The Morgan fingerprint density at radius 1 is 1.06 bits per heavy atom. The Morgan fingerprint density at radius 3 is 2.50 bits per heavy atom. The van der Waals surface area contributed by atoms with Gasteiger partial charge in [-0.2, -0.15) is 5.26 Å². The molecule has 0 amide bonds. The molecule has 10 atom stereocenters. The van der Waals surface area contributed by atoms with Crippen molar-refractivity contribution in [2.24, 2.45) is 46.3 Å². The van der Waals surface area contributed by atoms with Gasteiger partial charge in [-0.3, -0.25) is 0 Å². The van der Waals surface area contributed by atoms with Gasteiger partial charge in [-0.25, -0.2) is 4.79 Å². The van der Waals surface area contributed by atoms with E-state index in [9.17, 15) is 15.2 Å². The third kappa shape index (κ3) is 3.15. The van der Waals surface area contributed by atoms with Crippen LogP contribution >= 0.6 is 0 Å². The first-order chi connectivity index (χ1) is 15.3. The number of esters is 1. The van der Waals surface area contributed by atoms with Crippen LogP contribution in [0.1, 0.15) is 76.1 Å². The first kappa shape index (κ1) is 22.0. The minimum atomic E-state index is -0.335. The Hall–Kier alpha value is -1.86. The van der Waals surface area contributed by atoms with Crippen LogP contribution in [0.5, 0.6) is 0 Å². The molecule has 1 N–H and O–H groups in total. The number of nitriles is 1. The summed E-state index contributed by atoms with van der Waals surface area (Å²) in [5.41, 5.74) is 0.655. The van der Waals surface area contributed by atoms with E-state index < -0.39 is 0 Å². The van der Waals surface area contributed by atoms with Gasteiger partial charge in [-0.05, 0) is 97.5 Å². The van der Waals surface area contributed by atoms with Crippen LogP contribution in [0.4, 0.5) is 0 Å². The minimum Gasteiger partial charge on any atom is -0.458 e. The average molecular weight is 436 g/mol. The SMILES string of the molecule is C[C@H]1[C@H](OC(=O)c2ccccc2)CC[C@]2(C)[C@@H]3[C@@H](CC[C@@H]12)[C@@H]1CC[C@H](C#N)[C@@]1(C)C[C@@H]3O. The molecular weight excluding hydrogens is 398 g/mol. The van der Waals surface area contributed by atoms with Crippen LogP contribution in [0.25, 0.3) is 0 Å². The lowest BCUT2D eigenvalue weighted by molar-refractivity contribution is -0.188. The Kier molecular flexibility index (Phi) is 5.40. The van der Waals surface area contributed by atoms with Crippen molar-refractivity contribution in [3.63, 3.8) is 0 Å². The summed E-state index contributed by atoms with van der Waals surface area (Å²) in [4.78, 5) is 12.7. The van der Waals surface area contributed by atoms with E-state index in [1.165, 1.54) is 0 Å². The van der Waals surface area contributed by atoms with Crippen molar-refractivity contribution in [3.05, 3.63) is 35.9 Å². The lowest BCUT2D eigenvalue weighted by Crippen LogP contribution is -2.60. The van der Waals surface area contributed by atoms with E-state index in [2.05, 4.69) is 26.8 Å². The number of hydrogen-bond acceptors (Lipinski definition) is 4. The number of rotatable bonds is 2. The maximum Gasteiger partial charge on any atom is 0.338 e. The summed E-state index contributed by atoms with van der Waals surface area (Å²) >= 11 is 0. The van der Waals surface area contributed by atoms with E-state index in [0.29, 0.717) is 35.2 Å². The van der Waals surface area contributed by atoms with Gasteiger partial charge >= 0.3 is 5.97 Å². The van der Waals surface area contributed by atoms with Crippen LogP contribution in [0, 0.1) is 57.7 Å². The zero-order chi connectivity index (χ0) is 22.7. The van der Waals surface area contributed by atoms with Gasteiger partial charge in [0.1, 0.15) is 6.10 Å². The van der Waals surface area contributed by atoms with E-state index in [1.807, 2.05) is 30.3 Å². The van der Waals surface area contributed by atoms with Crippen LogP contribution in [0.15, 0.2) is 30.3 Å². The molecule has 0 bridgehead atoms. The van der Waals surface area contributed by atoms with Crippen LogP contribution in [0.3, 0.4) is 0 Å². The van der Waals surface area contributed by atoms with Gasteiger partial charge < -0.3 is 9.84 Å². The molecule has 0 saturated heterocycles. The molecule has 0 heterocycles. The average Bonchev–Trinajstić information content (AvgIpc) is 3.11. The molecule has 0 unspecified atom stereocenters. The molecule has 4 nitrogen and oxygen atoms in total. The lowest BCUT2D eigenvalue weighted by atomic mass is 9.42. The summed E-state index contributed by atoms with van der Waals surface area (Å²) in [6.07, 6.45) is 6.62. The second-order valence-electron chi connectivity index (χ2n) is 11.7. The van der Waals surface area contributed by atoms with Crippen LogP contribution in [0.2, 0.25) is 0 Å². The maximum atomic E-state index is 12.7. The Labute approximate surface area is 192 Å². The molecule has 4 saturated carbocycles. The molecule has 4 aliphatic carbocycles. The first-order valence-corrected chi connectivity index (χ1v) is 12.6. The number of carbonyl (C=O) groups excluding carboxylic acids is 1. The third-order valence-corrected chi connectivity index (χ3v) is 10.5. The lowest BCUT2D eigenvalue weighted by Gasteiger charge is -2.63. The summed E-state index contributed by atoms with van der Waals surface area (Å²) < 4.78 is 6.02. The molecule has 0 aliphatic heterocycles. The second kappa shape index (κ2) is 7.87. The Bertz CT molecular complexity index is 909. The number of benzene rings is 1. The normalized spacial score (nSPS) is 47.5. The highest BCUT2D eigenvalue weighted by atomic mass is 16.5. The van der Waals surface area contributed by atoms with Gasteiger partial charge in [0, 0.05) is 0 Å². The quantitative estimate of drug-likeness (QED) is 0.613. The van der Waals surface area contributed by atoms with Gasteiger partial charge in [0.2, 0.25) is 0 Å². The second-order valence-corrected chi connectivity index (χ2v) is 11.7. The maximum absolute atomic E-state index is 12.7. The van der Waals surface area contributed by atoms with E-state index in [-0.39, 0.29) is 34.9 Å². The number of ether oxygens (including phenoxy) is 1. The van der Waals surface area contributed by atoms with Crippen molar-refractivity contribution in [2.45, 2.75) is 77.9 Å². The summed E-state index contributed by atoms with van der Waals surface area (Å²) in [6, 6.07) is 11.9. The van der Waals surface area contributed by atoms with Crippen LogP contribution < -0.4 is 0 Å². The Balaban J connectivity index is 1.36. The fourth-order valence-corrected chi connectivity index (χ4v) is 8.98. The van der Waals surface area contributed by atoms with Crippen molar-refractivity contribution in [1.82, 2.24) is 0 Å². The predicted octanol–water partition coefficient (Wildman–Crippen LogP) is 5.61. The summed E-state index contributed by atoms with van der Waals surface area (Å²) in [7, 11) is 0. The molecule has 4 fully saturated rings. The first-order valence-electron chi connectivity index (χ1n) is 12.6. The highest BCUT2D eigenvalue weighted by Crippen LogP contribution is 2.68. The molecule has 0 radical (unpaired) electrons.